The van der Waals surface area contributed by atoms with Gasteiger partial charge >= 0.3 is 0 Å². The van der Waals surface area contributed by atoms with Gasteiger partial charge in [0.05, 0.1) is 16.4 Å². The number of nitrogens with zero attached hydrogens (tertiary/aromatic N) is 2. The van der Waals surface area contributed by atoms with E-state index >= 15 is 0 Å². The van der Waals surface area contributed by atoms with Gasteiger partial charge in [0.1, 0.15) is 5.82 Å². The third kappa shape index (κ3) is 3.17. The van der Waals surface area contributed by atoms with Gasteiger partial charge in [0, 0.05) is 6.54 Å². The van der Waals surface area contributed by atoms with Crippen LogP contribution in [0.3, 0.4) is 0 Å². The minimum atomic E-state index is -0.0583. The van der Waals surface area contributed by atoms with Crippen LogP contribution in [-0.4, -0.2) is 9.55 Å². The van der Waals surface area contributed by atoms with Crippen LogP contribution in [0.1, 0.15) is 63.7 Å². The monoisotopic (exact) mass is 292 g/mol. The highest BCUT2D eigenvalue weighted by molar-refractivity contribution is 6.20. The van der Waals surface area contributed by atoms with Crippen LogP contribution >= 0.6 is 11.6 Å². The Kier molecular flexibility index (Phi) is 4.74. The lowest BCUT2D eigenvalue weighted by Crippen LogP contribution is -2.06. The number of alkyl halides is 1. The third-order valence-electron chi connectivity index (χ3n) is 3.75. The fraction of sp³-hybridized carbons (Fsp3) is 0.588. The van der Waals surface area contributed by atoms with Crippen LogP contribution in [0.15, 0.2) is 18.2 Å². The molecular weight excluding hydrogens is 268 g/mol. The standard InChI is InChI=1S/C17H25ClN2/c1-11(2)8-9-20-16-7-6-14(12(3)4)10-15(16)19-17(20)13(5)18/h6-7,10-13H,8-9H2,1-5H3. The van der Waals surface area contributed by atoms with Gasteiger partial charge in [0.25, 0.3) is 0 Å². The predicted octanol–water partition coefficient (Wildman–Crippen LogP) is 5.51. The first-order chi connectivity index (χ1) is 9.40. The lowest BCUT2D eigenvalue weighted by molar-refractivity contribution is 0.512. The van der Waals surface area contributed by atoms with Crippen molar-refractivity contribution in [2.75, 3.05) is 0 Å². The van der Waals surface area contributed by atoms with Crippen molar-refractivity contribution in [2.24, 2.45) is 5.92 Å². The van der Waals surface area contributed by atoms with E-state index in [1.807, 2.05) is 6.92 Å². The maximum atomic E-state index is 6.31. The van der Waals surface area contributed by atoms with Gasteiger partial charge in [0.15, 0.2) is 0 Å². The van der Waals surface area contributed by atoms with E-state index in [0.717, 1.165) is 24.3 Å². The molecule has 0 aliphatic carbocycles. The molecule has 0 amide bonds. The number of hydrogen-bond donors (Lipinski definition) is 0. The minimum Gasteiger partial charge on any atom is -0.327 e. The van der Waals surface area contributed by atoms with E-state index in [-0.39, 0.29) is 5.38 Å². The van der Waals surface area contributed by atoms with Crippen molar-refractivity contribution in [1.82, 2.24) is 9.55 Å². The number of imidazole rings is 1. The van der Waals surface area contributed by atoms with Gasteiger partial charge < -0.3 is 4.57 Å². The second kappa shape index (κ2) is 6.17. The molecule has 0 aliphatic rings. The Morgan fingerprint density at radius 3 is 2.40 bits per heavy atom. The van der Waals surface area contributed by atoms with E-state index < -0.39 is 0 Å². The second-order valence-electron chi connectivity index (χ2n) is 6.32. The van der Waals surface area contributed by atoms with Crippen LogP contribution in [0.4, 0.5) is 0 Å². The topological polar surface area (TPSA) is 17.8 Å². The van der Waals surface area contributed by atoms with Crippen LogP contribution < -0.4 is 0 Å². The summed E-state index contributed by atoms with van der Waals surface area (Å²) in [5.74, 6) is 2.20. The van der Waals surface area contributed by atoms with Crippen molar-refractivity contribution in [3.8, 4) is 0 Å². The number of aromatic nitrogens is 2. The summed E-state index contributed by atoms with van der Waals surface area (Å²) in [7, 11) is 0. The summed E-state index contributed by atoms with van der Waals surface area (Å²) in [6.07, 6.45) is 1.15. The number of aryl methyl sites for hydroxylation is 1. The molecule has 0 saturated carbocycles. The minimum absolute atomic E-state index is 0.0583. The Morgan fingerprint density at radius 2 is 1.85 bits per heavy atom. The summed E-state index contributed by atoms with van der Waals surface area (Å²) in [5, 5.41) is -0.0583. The molecule has 0 fully saturated rings. The largest absolute Gasteiger partial charge is 0.327 e. The predicted molar refractivity (Wildman–Crippen MR) is 87.5 cm³/mol. The van der Waals surface area contributed by atoms with Gasteiger partial charge in [-0.1, -0.05) is 33.8 Å². The van der Waals surface area contributed by atoms with E-state index in [0.29, 0.717) is 11.8 Å². The molecule has 1 atom stereocenters. The molecule has 1 aromatic carbocycles. The Balaban J connectivity index is 2.49. The average molecular weight is 293 g/mol. The maximum absolute atomic E-state index is 6.31. The molecule has 0 saturated heterocycles. The normalized spacial score (nSPS) is 13.6. The highest BCUT2D eigenvalue weighted by Gasteiger charge is 2.15. The summed E-state index contributed by atoms with van der Waals surface area (Å²) < 4.78 is 2.29. The molecule has 0 spiro atoms. The van der Waals surface area contributed by atoms with Crippen LogP contribution in [0.25, 0.3) is 11.0 Å². The van der Waals surface area contributed by atoms with E-state index in [1.165, 1.54) is 11.1 Å². The lowest BCUT2D eigenvalue weighted by atomic mass is 10.0. The molecule has 1 heterocycles. The first kappa shape index (κ1) is 15.4. The summed E-state index contributed by atoms with van der Waals surface area (Å²) in [4.78, 5) is 4.76. The molecule has 2 rings (SSSR count). The number of benzene rings is 1. The van der Waals surface area contributed by atoms with E-state index in [2.05, 4.69) is 50.5 Å². The van der Waals surface area contributed by atoms with Crippen molar-refractivity contribution in [3.05, 3.63) is 29.6 Å². The van der Waals surface area contributed by atoms with Crippen molar-refractivity contribution < 1.29 is 0 Å². The summed E-state index contributed by atoms with van der Waals surface area (Å²) in [5.41, 5.74) is 3.61. The zero-order valence-electron chi connectivity index (χ0n) is 13.2. The second-order valence-corrected chi connectivity index (χ2v) is 6.98. The Morgan fingerprint density at radius 1 is 1.15 bits per heavy atom. The summed E-state index contributed by atoms with van der Waals surface area (Å²) >= 11 is 6.31. The molecule has 0 radical (unpaired) electrons. The lowest BCUT2D eigenvalue weighted by Gasteiger charge is -2.12. The zero-order chi connectivity index (χ0) is 14.9. The van der Waals surface area contributed by atoms with Crippen molar-refractivity contribution in [2.45, 2.75) is 58.9 Å². The highest BCUT2D eigenvalue weighted by atomic mass is 35.5. The third-order valence-corrected chi connectivity index (χ3v) is 3.95. The fourth-order valence-electron chi connectivity index (χ4n) is 2.45. The van der Waals surface area contributed by atoms with Crippen molar-refractivity contribution in [1.29, 1.82) is 0 Å². The van der Waals surface area contributed by atoms with E-state index in [1.54, 1.807) is 0 Å². The van der Waals surface area contributed by atoms with E-state index in [9.17, 15) is 0 Å². The van der Waals surface area contributed by atoms with Crippen LogP contribution in [-0.2, 0) is 6.54 Å². The van der Waals surface area contributed by atoms with Crippen LogP contribution in [0.2, 0.25) is 0 Å². The van der Waals surface area contributed by atoms with E-state index in [4.69, 9.17) is 16.6 Å². The zero-order valence-corrected chi connectivity index (χ0v) is 13.9. The highest BCUT2D eigenvalue weighted by Crippen LogP contribution is 2.27. The first-order valence-corrected chi connectivity index (χ1v) is 7.98. The molecule has 1 aromatic heterocycles. The summed E-state index contributed by atoms with van der Waals surface area (Å²) in [6.45, 7) is 11.9. The van der Waals surface area contributed by atoms with Crippen molar-refractivity contribution >= 4 is 22.6 Å². The number of halogens is 1. The van der Waals surface area contributed by atoms with Gasteiger partial charge in [0.2, 0.25) is 0 Å². The SMILES string of the molecule is CC(C)CCn1c(C(C)Cl)nc2cc(C(C)C)ccc21. The van der Waals surface area contributed by atoms with Crippen molar-refractivity contribution in [3.63, 3.8) is 0 Å². The van der Waals surface area contributed by atoms with Crippen LogP contribution in [0, 0.1) is 5.92 Å². The molecule has 0 aliphatic heterocycles. The quantitative estimate of drug-likeness (QED) is 0.665. The smallest absolute Gasteiger partial charge is 0.127 e. The number of rotatable bonds is 5. The first-order valence-electron chi connectivity index (χ1n) is 7.54. The number of hydrogen-bond acceptors (Lipinski definition) is 1. The van der Waals surface area contributed by atoms with Gasteiger partial charge in [-0.25, -0.2) is 4.98 Å². The maximum Gasteiger partial charge on any atom is 0.127 e. The number of fused-ring (bicyclic) bond motifs is 1. The molecular formula is C17H25ClN2. The van der Waals surface area contributed by atoms with Gasteiger partial charge in [-0.05, 0) is 42.9 Å². The molecule has 110 valence electrons. The Labute approximate surface area is 127 Å². The molecule has 1 unspecified atom stereocenters. The fourth-order valence-corrected chi connectivity index (χ4v) is 2.62. The Bertz CT molecular complexity index is 582. The molecule has 2 aromatic rings. The Hall–Kier alpha value is -1.02. The van der Waals surface area contributed by atoms with Crippen LogP contribution in [0.5, 0.6) is 0 Å². The van der Waals surface area contributed by atoms with Gasteiger partial charge in [-0.15, -0.1) is 11.6 Å². The molecule has 0 bridgehead atoms. The van der Waals surface area contributed by atoms with Gasteiger partial charge in [-0.2, -0.15) is 0 Å². The summed E-state index contributed by atoms with van der Waals surface area (Å²) in [6, 6.07) is 6.61. The molecule has 2 nitrogen and oxygen atoms in total. The van der Waals surface area contributed by atoms with Gasteiger partial charge in [-0.3, -0.25) is 0 Å². The molecule has 20 heavy (non-hydrogen) atoms. The molecule has 0 N–H and O–H groups in total. The molecule has 3 heteroatoms. The average Bonchev–Trinajstić information content (AvgIpc) is 2.73.